The van der Waals surface area contributed by atoms with E-state index in [4.69, 9.17) is 9.47 Å². The Morgan fingerprint density at radius 2 is 1.79 bits per heavy atom. The highest BCUT2D eigenvalue weighted by Gasteiger charge is 2.11. The van der Waals surface area contributed by atoms with Crippen LogP contribution in [0.3, 0.4) is 0 Å². The van der Waals surface area contributed by atoms with Crippen LogP contribution in [0.25, 0.3) is 0 Å². The van der Waals surface area contributed by atoms with E-state index in [1.165, 1.54) is 0 Å². The van der Waals surface area contributed by atoms with Crippen molar-refractivity contribution in [1.29, 1.82) is 0 Å². The van der Waals surface area contributed by atoms with Crippen LogP contribution in [0.4, 0.5) is 0 Å². The molecule has 0 saturated carbocycles. The molecule has 0 aromatic rings. The molecule has 0 aliphatic carbocycles. The van der Waals surface area contributed by atoms with Gasteiger partial charge in [0.1, 0.15) is 0 Å². The third kappa shape index (κ3) is 7.30. The maximum atomic E-state index is 9.56. The van der Waals surface area contributed by atoms with Crippen LogP contribution in [0.2, 0.25) is 0 Å². The minimum Gasteiger partial charge on any atom is -0.390 e. The van der Waals surface area contributed by atoms with Gasteiger partial charge in [-0.2, -0.15) is 0 Å². The van der Waals surface area contributed by atoms with Crippen molar-refractivity contribution in [3.8, 4) is 0 Å². The lowest BCUT2D eigenvalue weighted by Gasteiger charge is -2.17. The number of hydrogen-bond acceptors (Lipinski definition) is 3. The summed E-state index contributed by atoms with van der Waals surface area (Å²) in [4.78, 5) is 0. The quantitative estimate of drug-likeness (QED) is 0.613. The summed E-state index contributed by atoms with van der Waals surface area (Å²) < 4.78 is 10.6. The minimum atomic E-state index is -0.348. The molecule has 2 atom stereocenters. The lowest BCUT2D eigenvalue weighted by molar-refractivity contribution is -0.0245. The largest absolute Gasteiger partial charge is 0.390 e. The fraction of sp³-hybridized carbons (Fsp3) is 1.00. The predicted octanol–water partition coefficient (Wildman–Crippen LogP) is 1.83. The van der Waals surface area contributed by atoms with E-state index >= 15 is 0 Å². The maximum Gasteiger partial charge on any atom is 0.0799 e. The number of ether oxygens (including phenoxy) is 2. The number of aliphatic hydroxyl groups is 1. The smallest absolute Gasteiger partial charge is 0.0799 e. The van der Waals surface area contributed by atoms with Gasteiger partial charge in [0.15, 0.2) is 0 Å². The van der Waals surface area contributed by atoms with Gasteiger partial charge in [0.25, 0.3) is 0 Å². The Kier molecular flexibility index (Phi) is 8.14. The van der Waals surface area contributed by atoms with Crippen LogP contribution < -0.4 is 0 Å². The molecule has 86 valence electrons. The number of aliphatic hydroxyl groups excluding tert-OH is 1. The second-order valence-corrected chi connectivity index (χ2v) is 3.95. The van der Waals surface area contributed by atoms with Gasteiger partial charge in [-0.05, 0) is 19.8 Å². The van der Waals surface area contributed by atoms with Gasteiger partial charge in [0, 0.05) is 0 Å². The summed E-state index contributed by atoms with van der Waals surface area (Å²) in [5, 5.41) is 9.56. The van der Waals surface area contributed by atoms with E-state index < -0.39 is 0 Å². The van der Waals surface area contributed by atoms with Crippen LogP contribution in [0.5, 0.6) is 0 Å². The summed E-state index contributed by atoms with van der Waals surface area (Å²) in [5.74, 6) is 0.306. The Balaban J connectivity index is 3.27. The molecule has 0 bridgehead atoms. The average molecular weight is 204 g/mol. The molecule has 14 heavy (non-hydrogen) atoms. The first-order chi connectivity index (χ1) is 6.57. The van der Waals surface area contributed by atoms with Gasteiger partial charge in [0.05, 0.1) is 32.0 Å². The molecule has 0 saturated heterocycles. The summed E-state index contributed by atoms with van der Waals surface area (Å²) in [6.45, 7) is 9.66. The summed E-state index contributed by atoms with van der Waals surface area (Å²) >= 11 is 0. The van der Waals surface area contributed by atoms with E-state index in [9.17, 15) is 5.11 Å². The molecule has 0 heterocycles. The van der Waals surface area contributed by atoms with Crippen molar-refractivity contribution >= 4 is 0 Å². The highest BCUT2D eigenvalue weighted by atomic mass is 16.5. The Morgan fingerprint density at radius 1 is 1.14 bits per heavy atom. The van der Waals surface area contributed by atoms with E-state index in [0.717, 1.165) is 6.42 Å². The van der Waals surface area contributed by atoms with Crippen molar-refractivity contribution in [1.82, 2.24) is 0 Å². The average Bonchev–Trinajstić information content (AvgIpc) is 2.15. The van der Waals surface area contributed by atoms with Gasteiger partial charge in [-0.25, -0.2) is 0 Å². The maximum absolute atomic E-state index is 9.56. The summed E-state index contributed by atoms with van der Waals surface area (Å²) in [7, 11) is 0. The van der Waals surface area contributed by atoms with Gasteiger partial charge in [-0.3, -0.25) is 0 Å². The van der Waals surface area contributed by atoms with E-state index in [1.807, 2.05) is 20.8 Å². The number of rotatable bonds is 8. The zero-order valence-corrected chi connectivity index (χ0v) is 9.82. The molecular formula is C11H24O3. The highest BCUT2D eigenvalue weighted by Crippen LogP contribution is 2.07. The molecule has 0 fully saturated rings. The third-order valence-electron chi connectivity index (χ3n) is 2.27. The normalized spacial score (nSPS) is 15.9. The van der Waals surface area contributed by atoms with Gasteiger partial charge >= 0.3 is 0 Å². The first-order valence-corrected chi connectivity index (χ1v) is 5.45. The molecular weight excluding hydrogens is 180 g/mol. The first-order valence-electron chi connectivity index (χ1n) is 5.45. The molecule has 0 aromatic carbocycles. The SMILES string of the molecule is CCC(C)C(O)COCCOC(C)C. The van der Waals surface area contributed by atoms with Gasteiger partial charge in [-0.1, -0.05) is 20.3 Å². The van der Waals surface area contributed by atoms with Crippen LogP contribution in [0.1, 0.15) is 34.1 Å². The van der Waals surface area contributed by atoms with Crippen molar-refractivity contribution in [2.45, 2.75) is 46.3 Å². The van der Waals surface area contributed by atoms with E-state index in [0.29, 0.717) is 25.7 Å². The van der Waals surface area contributed by atoms with Crippen molar-refractivity contribution in [3.63, 3.8) is 0 Å². The first kappa shape index (κ1) is 13.9. The van der Waals surface area contributed by atoms with Crippen molar-refractivity contribution in [2.24, 2.45) is 5.92 Å². The molecule has 1 N–H and O–H groups in total. The summed E-state index contributed by atoms with van der Waals surface area (Å²) in [6.07, 6.45) is 0.879. The van der Waals surface area contributed by atoms with E-state index in [-0.39, 0.29) is 12.2 Å². The molecule has 2 unspecified atom stereocenters. The molecule has 0 aliphatic heterocycles. The second kappa shape index (κ2) is 8.21. The monoisotopic (exact) mass is 204 g/mol. The Labute approximate surface area is 87.4 Å². The molecule has 0 radical (unpaired) electrons. The molecule has 0 rings (SSSR count). The highest BCUT2D eigenvalue weighted by molar-refractivity contribution is 4.61. The Hall–Kier alpha value is -0.120. The third-order valence-corrected chi connectivity index (χ3v) is 2.27. The standard InChI is InChI=1S/C11H24O3/c1-5-10(4)11(12)8-13-6-7-14-9(2)3/h9-12H,5-8H2,1-4H3. The molecule has 0 amide bonds. The Morgan fingerprint density at radius 3 is 2.29 bits per heavy atom. The van der Waals surface area contributed by atoms with Crippen molar-refractivity contribution in [3.05, 3.63) is 0 Å². The molecule has 3 heteroatoms. The lowest BCUT2D eigenvalue weighted by atomic mass is 10.0. The Bertz CT molecular complexity index is 126. The summed E-state index contributed by atoms with van der Waals surface area (Å²) in [6, 6.07) is 0. The topological polar surface area (TPSA) is 38.7 Å². The lowest BCUT2D eigenvalue weighted by Crippen LogP contribution is -2.24. The molecule has 0 spiro atoms. The minimum absolute atomic E-state index is 0.248. The zero-order chi connectivity index (χ0) is 11.0. The van der Waals surface area contributed by atoms with Crippen LogP contribution in [0, 0.1) is 5.92 Å². The van der Waals surface area contributed by atoms with Crippen LogP contribution in [0.15, 0.2) is 0 Å². The predicted molar refractivity (Wildman–Crippen MR) is 57.4 cm³/mol. The zero-order valence-electron chi connectivity index (χ0n) is 9.82. The van der Waals surface area contributed by atoms with Crippen molar-refractivity contribution < 1.29 is 14.6 Å². The summed E-state index contributed by atoms with van der Waals surface area (Å²) in [5.41, 5.74) is 0. The van der Waals surface area contributed by atoms with Crippen LogP contribution >= 0.6 is 0 Å². The fourth-order valence-corrected chi connectivity index (χ4v) is 0.983. The number of hydrogen-bond donors (Lipinski definition) is 1. The fourth-order valence-electron chi connectivity index (χ4n) is 0.983. The van der Waals surface area contributed by atoms with E-state index in [2.05, 4.69) is 6.92 Å². The second-order valence-electron chi connectivity index (χ2n) is 3.95. The van der Waals surface area contributed by atoms with Crippen molar-refractivity contribution in [2.75, 3.05) is 19.8 Å². The van der Waals surface area contributed by atoms with Crippen LogP contribution in [-0.4, -0.2) is 37.1 Å². The van der Waals surface area contributed by atoms with Gasteiger partial charge < -0.3 is 14.6 Å². The molecule has 3 nitrogen and oxygen atoms in total. The van der Waals surface area contributed by atoms with E-state index in [1.54, 1.807) is 0 Å². The molecule has 0 aromatic heterocycles. The van der Waals surface area contributed by atoms with Gasteiger partial charge in [-0.15, -0.1) is 0 Å². The molecule has 0 aliphatic rings. The van der Waals surface area contributed by atoms with Crippen LogP contribution in [-0.2, 0) is 9.47 Å². The van der Waals surface area contributed by atoms with Gasteiger partial charge in [0.2, 0.25) is 0 Å².